The highest BCUT2D eigenvalue weighted by Crippen LogP contribution is 2.40. The highest BCUT2D eigenvalue weighted by atomic mass is 32.1. The standard InChI is InChI=1S/C30H31N3O8S/c1-5-40-30(37)25-21-12-6-17(2)14-24(21)42-28(25)32-26(34)27(35)33-31-16-18-7-10-20(11-8-18)41-29(36)19-9-13-22(38-3)23(15-19)39-4/h7-11,13,15-17H,5-6,12,14H2,1-4H3,(H,32,34)(H,33,35)/b31-16+. The summed E-state index contributed by atoms with van der Waals surface area (Å²) in [6.07, 6.45) is 3.77. The molecule has 0 saturated heterocycles. The van der Waals surface area contributed by atoms with E-state index in [1.165, 1.54) is 37.8 Å². The Morgan fingerprint density at radius 3 is 2.43 bits per heavy atom. The zero-order chi connectivity index (χ0) is 30.2. The van der Waals surface area contributed by atoms with E-state index in [-0.39, 0.29) is 12.2 Å². The summed E-state index contributed by atoms with van der Waals surface area (Å²) in [5, 5.41) is 6.69. The van der Waals surface area contributed by atoms with Crippen LogP contribution >= 0.6 is 11.3 Å². The number of hydrogen-bond acceptors (Lipinski definition) is 10. The molecule has 0 bridgehead atoms. The van der Waals surface area contributed by atoms with Crippen LogP contribution in [-0.4, -0.2) is 50.8 Å². The van der Waals surface area contributed by atoms with E-state index in [1.807, 2.05) is 0 Å². The van der Waals surface area contributed by atoms with Gasteiger partial charge in [-0.15, -0.1) is 11.3 Å². The van der Waals surface area contributed by atoms with Crippen molar-refractivity contribution in [1.29, 1.82) is 0 Å². The van der Waals surface area contributed by atoms with Gasteiger partial charge in [-0.05, 0) is 85.7 Å². The molecule has 4 rings (SSSR count). The molecule has 1 heterocycles. The topological polar surface area (TPSA) is 142 Å². The zero-order valence-electron chi connectivity index (χ0n) is 23.6. The Hall–Kier alpha value is -4.71. The molecule has 0 saturated carbocycles. The summed E-state index contributed by atoms with van der Waals surface area (Å²) in [7, 11) is 2.97. The lowest BCUT2D eigenvalue weighted by Crippen LogP contribution is -2.32. The van der Waals surface area contributed by atoms with E-state index in [9.17, 15) is 19.2 Å². The second-order valence-corrected chi connectivity index (χ2v) is 10.6. The van der Waals surface area contributed by atoms with Gasteiger partial charge in [0.15, 0.2) is 11.5 Å². The van der Waals surface area contributed by atoms with Crippen molar-refractivity contribution in [1.82, 2.24) is 5.43 Å². The summed E-state index contributed by atoms with van der Waals surface area (Å²) in [6.45, 7) is 4.04. The van der Waals surface area contributed by atoms with Gasteiger partial charge in [-0.25, -0.2) is 15.0 Å². The first-order valence-corrected chi connectivity index (χ1v) is 14.1. The Labute approximate surface area is 246 Å². The van der Waals surface area contributed by atoms with Gasteiger partial charge in [0, 0.05) is 4.88 Å². The van der Waals surface area contributed by atoms with Gasteiger partial charge in [0.2, 0.25) is 0 Å². The van der Waals surface area contributed by atoms with Gasteiger partial charge >= 0.3 is 23.8 Å². The lowest BCUT2D eigenvalue weighted by Gasteiger charge is -2.18. The number of ether oxygens (including phenoxy) is 4. The van der Waals surface area contributed by atoms with Crippen molar-refractivity contribution in [3.8, 4) is 17.2 Å². The van der Waals surface area contributed by atoms with Crippen molar-refractivity contribution < 1.29 is 38.1 Å². The van der Waals surface area contributed by atoms with Gasteiger partial charge in [-0.3, -0.25) is 9.59 Å². The molecule has 1 aliphatic rings. The van der Waals surface area contributed by atoms with Crippen LogP contribution in [0.1, 0.15) is 57.0 Å². The van der Waals surface area contributed by atoms with Crippen LogP contribution in [0.15, 0.2) is 47.6 Å². The van der Waals surface area contributed by atoms with Crippen LogP contribution in [-0.2, 0) is 27.2 Å². The van der Waals surface area contributed by atoms with E-state index >= 15 is 0 Å². The molecule has 2 aromatic carbocycles. The third-order valence-corrected chi connectivity index (χ3v) is 7.68. The lowest BCUT2D eigenvalue weighted by atomic mass is 9.88. The summed E-state index contributed by atoms with van der Waals surface area (Å²) >= 11 is 1.29. The molecule has 0 spiro atoms. The summed E-state index contributed by atoms with van der Waals surface area (Å²) in [5.74, 6) is -1.41. The fraction of sp³-hybridized carbons (Fsp3) is 0.300. The molecule has 2 N–H and O–H groups in total. The van der Waals surface area contributed by atoms with Crippen LogP contribution < -0.4 is 25.0 Å². The molecule has 0 radical (unpaired) electrons. The minimum absolute atomic E-state index is 0.198. The number of carbonyl (C=O) groups excluding carboxylic acids is 4. The number of nitrogens with zero attached hydrogens (tertiary/aromatic N) is 1. The van der Waals surface area contributed by atoms with Crippen LogP contribution in [0, 0.1) is 5.92 Å². The number of fused-ring (bicyclic) bond motifs is 1. The van der Waals surface area contributed by atoms with Crippen molar-refractivity contribution in [3.63, 3.8) is 0 Å². The SMILES string of the molecule is CCOC(=O)c1c(NC(=O)C(=O)N/N=C/c2ccc(OC(=O)c3ccc(OC)c(OC)c3)cc2)sc2c1CCC(C)C2. The molecular weight excluding hydrogens is 562 g/mol. The predicted octanol–water partition coefficient (Wildman–Crippen LogP) is 4.37. The van der Waals surface area contributed by atoms with Crippen LogP contribution in [0.25, 0.3) is 0 Å². The number of hydrazone groups is 1. The molecule has 11 nitrogen and oxygen atoms in total. The number of benzene rings is 2. The van der Waals surface area contributed by atoms with Crippen molar-refractivity contribution in [2.45, 2.75) is 33.1 Å². The minimum atomic E-state index is -0.999. The highest BCUT2D eigenvalue weighted by molar-refractivity contribution is 7.17. The molecule has 12 heteroatoms. The van der Waals surface area contributed by atoms with Gasteiger partial charge < -0.3 is 24.3 Å². The van der Waals surface area contributed by atoms with Crippen LogP contribution in [0.2, 0.25) is 0 Å². The first kappa shape index (κ1) is 30.3. The number of esters is 2. The van der Waals surface area contributed by atoms with E-state index in [4.69, 9.17) is 18.9 Å². The van der Waals surface area contributed by atoms with Gasteiger partial charge in [0.1, 0.15) is 10.8 Å². The number of amides is 2. The Balaban J connectivity index is 1.34. The number of rotatable bonds is 9. The number of hydrogen-bond donors (Lipinski definition) is 2. The normalized spacial score (nSPS) is 14.0. The molecule has 42 heavy (non-hydrogen) atoms. The van der Waals surface area contributed by atoms with Crippen molar-refractivity contribution >= 4 is 46.3 Å². The highest BCUT2D eigenvalue weighted by Gasteiger charge is 2.30. The Morgan fingerprint density at radius 1 is 1.00 bits per heavy atom. The van der Waals surface area contributed by atoms with Crippen molar-refractivity contribution in [2.75, 3.05) is 26.1 Å². The first-order chi connectivity index (χ1) is 20.2. The number of thiophene rings is 1. The zero-order valence-corrected chi connectivity index (χ0v) is 24.5. The van der Waals surface area contributed by atoms with Crippen LogP contribution in [0.3, 0.4) is 0 Å². The van der Waals surface area contributed by atoms with E-state index in [1.54, 1.807) is 43.3 Å². The average molecular weight is 594 g/mol. The summed E-state index contributed by atoms with van der Waals surface area (Å²) in [4.78, 5) is 51.2. The van der Waals surface area contributed by atoms with Crippen LogP contribution in [0.4, 0.5) is 5.00 Å². The number of methoxy groups -OCH3 is 2. The summed E-state index contributed by atoms with van der Waals surface area (Å²) in [6, 6.07) is 11.1. The summed E-state index contributed by atoms with van der Waals surface area (Å²) in [5.41, 5.74) is 4.24. The minimum Gasteiger partial charge on any atom is -0.493 e. The Bertz CT molecular complexity index is 1510. The molecule has 2 amide bonds. The largest absolute Gasteiger partial charge is 0.493 e. The van der Waals surface area contributed by atoms with Gasteiger partial charge in [0.25, 0.3) is 0 Å². The van der Waals surface area contributed by atoms with E-state index in [0.29, 0.717) is 45.7 Å². The second kappa shape index (κ2) is 13.8. The third kappa shape index (κ3) is 7.13. The Kier molecular flexibility index (Phi) is 9.92. The molecule has 0 aliphatic heterocycles. The molecule has 220 valence electrons. The first-order valence-electron chi connectivity index (χ1n) is 13.2. The maximum absolute atomic E-state index is 12.6. The molecule has 1 aliphatic carbocycles. The number of nitrogens with one attached hydrogen (secondary N) is 2. The monoisotopic (exact) mass is 593 g/mol. The van der Waals surface area contributed by atoms with Gasteiger partial charge in [0.05, 0.1) is 38.2 Å². The molecule has 3 aromatic rings. The molecule has 0 fully saturated rings. The van der Waals surface area contributed by atoms with Crippen molar-refractivity contribution in [3.05, 3.63) is 69.6 Å². The lowest BCUT2D eigenvalue weighted by molar-refractivity contribution is -0.136. The fourth-order valence-corrected chi connectivity index (χ4v) is 5.78. The average Bonchev–Trinajstić information content (AvgIpc) is 3.34. The predicted molar refractivity (Wildman–Crippen MR) is 157 cm³/mol. The number of anilines is 1. The van der Waals surface area contributed by atoms with Crippen LogP contribution in [0.5, 0.6) is 17.2 Å². The number of carbonyl (C=O) groups is 4. The third-order valence-electron chi connectivity index (χ3n) is 6.51. The maximum Gasteiger partial charge on any atom is 0.343 e. The summed E-state index contributed by atoms with van der Waals surface area (Å²) < 4.78 is 21.0. The quantitative estimate of drug-likeness (QED) is 0.122. The van der Waals surface area contributed by atoms with E-state index in [0.717, 1.165) is 23.3 Å². The van der Waals surface area contributed by atoms with E-state index in [2.05, 4.69) is 22.8 Å². The molecule has 1 aromatic heterocycles. The van der Waals surface area contributed by atoms with E-state index < -0.39 is 23.8 Å². The Morgan fingerprint density at radius 2 is 1.74 bits per heavy atom. The second-order valence-electron chi connectivity index (χ2n) is 9.46. The maximum atomic E-state index is 12.6. The van der Waals surface area contributed by atoms with Gasteiger partial charge in [-0.2, -0.15) is 5.10 Å². The smallest absolute Gasteiger partial charge is 0.343 e. The molecule has 1 atom stereocenters. The fourth-order valence-electron chi connectivity index (χ4n) is 4.39. The van der Waals surface area contributed by atoms with Gasteiger partial charge in [-0.1, -0.05) is 6.92 Å². The molecular formula is C30H31N3O8S. The molecule has 1 unspecified atom stereocenters. The van der Waals surface area contributed by atoms with Crippen molar-refractivity contribution in [2.24, 2.45) is 11.0 Å².